The fourth-order valence-electron chi connectivity index (χ4n) is 1.25. The monoisotopic (exact) mass is 176 g/mol. The van der Waals surface area contributed by atoms with Crippen LogP contribution >= 0.6 is 0 Å². The molecule has 0 saturated carbocycles. The lowest BCUT2D eigenvalue weighted by Crippen LogP contribution is -1.91. The minimum absolute atomic E-state index is 0.781. The van der Waals surface area contributed by atoms with Crippen molar-refractivity contribution in [1.82, 2.24) is 15.0 Å². The summed E-state index contributed by atoms with van der Waals surface area (Å²) in [4.78, 5) is 11.8. The van der Waals surface area contributed by atoms with Crippen LogP contribution in [0.5, 0.6) is 0 Å². The molecule has 13 heavy (non-hydrogen) atoms. The van der Waals surface area contributed by atoms with Gasteiger partial charge in [-0.05, 0) is 12.1 Å². The van der Waals surface area contributed by atoms with Gasteiger partial charge in [0.05, 0.1) is 5.52 Å². The summed E-state index contributed by atoms with van der Waals surface area (Å²) >= 11 is 0. The van der Waals surface area contributed by atoms with Crippen LogP contribution in [0.3, 0.4) is 0 Å². The van der Waals surface area contributed by atoms with Gasteiger partial charge in [-0.1, -0.05) is 6.92 Å². The quantitative estimate of drug-likeness (QED) is 0.730. The van der Waals surface area contributed by atoms with E-state index in [1.165, 1.54) is 0 Å². The number of aryl methyl sites for hydroxylation is 1. The van der Waals surface area contributed by atoms with Crippen LogP contribution in [0, 0.1) is 0 Å². The van der Waals surface area contributed by atoms with Crippen molar-refractivity contribution < 1.29 is 0 Å². The Labute approximate surface area is 76.4 Å². The van der Waals surface area contributed by atoms with Gasteiger partial charge in [0.15, 0.2) is 5.65 Å². The molecule has 0 unspecified atom stereocenters. The number of pyridine rings is 1. The number of rotatable bonds is 2. The molecule has 0 fully saturated rings. The molecule has 0 radical (unpaired) electrons. The zero-order valence-corrected chi connectivity index (χ0v) is 7.76. The zero-order valence-electron chi connectivity index (χ0n) is 7.76. The highest BCUT2D eigenvalue weighted by molar-refractivity contribution is 5.72. The summed E-state index contributed by atoms with van der Waals surface area (Å²) in [5.41, 5.74) is 1.78. The Bertz CT molecular complexity index is 416. The first kappa shape index (κ1) is 8.04. The van der Waals surface area contributed by atoms with Gasteiger partial charge in [-0.15, -0.1) is 0 Å². The lowest BCUT2D eigenvalue weighted by Gasteiger charge is -1.95. The van der Waals surface area contributed by atoms with Crippen LogP contribution < -0.4 is 5.32 Å². The third kappa shape index (κ3) is 1.35. The Morgan fingerprint density at radius 1 is 1.38 bits per heavy atom. The van der Waals surface area contributed by atoms with Gasteiger partial charge in [0.1, 0.15) is 11.6 Å². The van der Waals surface area contributed by atoms with Crippen LogP contribution in [0.1, 0.15) is 12.7 Å². The number of aromatic amines is 1. The summed E-state index contributed by atoms with van der Waals surface area (Å²) in [6, 6.07) is 3.92. The zero-order chi connectivity index (χ0) is 9.26. The van der Waals surface area contributed by atoms with E-state index in [2.05, 4.69) is 27.2 Å². The first-order valence-electron chi connectivity index (χ1n) is 4.37. The molecule has 2 aromatic heterocycles. The Morgan fingerprint density at radius 2 is 2.23 bits per heavy atom. The molecule has 0 saturated heterocycles. The number of imidazole rings is 1. The molecule has 2 heterocycles. The molecule has 2 aromatic rings. The number of anilines is 1. The average Bonchev–Trinajstić information content (AvgIpc) is 2.58. The van der Waals surface area contributed by atoms with E-state index in [4.69, 9.17) is 0 Å². The van der Waals surface area contributed by atoms with Gasteiger partial charge >= 0.3 is 0 Å². The second kappa shape index (κ2) is 3.05. The van der Waals surface area contributed by atoms with Crippen molar-refractivity contribution in [3.05, 3.63) is 18.0 Å². The lowest BCUT2D eigenvalue weighted by atomic mass is 10.4. The van der Waals surface area contributed by atoms with E-state index in [-0.39, 0.29) is 0 Å². The molecule has 4 nitrogen and oxygen atoms in total. The van der Waals surface area contributed by atoms with Gasteiger partial charge in [0.25, 0.3) is 0 Å². The number of H-pyrrole nitrogens is 1. The molecule has 2 rings (SSSR count). The molecule has 2 N–H and O–H groups in total. The topological polar surface area (TPSA) is 53.6 Å². The number of hydrogen-bond donors (Lipinski definition) is 2. The minimum Gasteiger partial charge on any atom is -0.373 e. The van der Waals surface area contributed by atoms with Crippen LogP contribution in [0.4, 0.5) is 5.82 Å². The Morgan fingerprint density at radius 3 is 2.92 bits per heavy atom. The van der Waals surface area contributed by atoms with E-state index >= 15 is 0 Å². The van der Waals surface area contributed by atoms with Crippen LogP contribution in [0.25, 0.3) is 11.2 Å². The molecule has 68 valence electrons. The van der Waals surface area contributed by atoms with Gasteiger partial charge in [0, 0.05) is 13.5 Å². The van der Waals surface area contributed by atoms with E-state index in [0.29, 0.717) is 0 Å². The van der Waals surface area contributed by atoms with E-state index in [1.807, 2.05) is 19.2 Å². The predicted molar refractivity (Wildman–Crippen MR) is 52.8 cm³/mol. The molecule has 0 bridgehead atoms. The predicted octanol–water partition coefficient (Wildman–Crippen LogP) is 1.56. The minimum atomic E-state index is 0.781. The second-order valence-electron chi connectivity index (χ2n) is 2.85. The second-order valence-corrected chi connectivity index (χ2v) is 2.85. The molecular weight excluding hydrogens is 164 g/mol. The molecule has 0 atom stereocenters. The van der Waals surface area contributed by atoms with Gasteiger partial charge < -0.3 is 10.3 Å². The van der Waals surface area contributed by atoms with Crippen molar-refractivity contribution in [3.8, 4) is 0 Å². The normalized spacial score (nSPS) is 10.6. The van der Waals surface area contributed by atoms with Crippen molar-refractivity contribution in [2.45, 2.75) is 13.3 Å². The van der Waals surface area contributed by atoms with Gasteiger partial charge in [0.2, 0.25) is 0 Å². The van der Waals surface area contributed by atoms with Gasteiger partial charge in [-0.3, -0.25) is 0 Å². The highest BCUT2D eigenvalue weighted by atomic mass is 15.0. The molecule has 0 aliphatic heterocycles. The summed E-state index contributed by atoms with van der Waals surface area (Å²) in [5, 5.41) is 2.98. The molecule has 0 aliphatic rings. The largest absolute Gasteiger partial charge is 0.373 e. The van der Waals surface area contributed by atoms with E-state index in [9.17, 15) is 0 Å². The molecule has 0 amide bonds. The summed E-state index contributed by atoms with van der Waals surface area (Å²) in [7, 11) is 1.85. The van der Waals surface area contributed by atoms with Crippen molar-refractivity contribution in [1.29, 1.82) is 0 Å². The maximum Gasteiger partial charge on any atom is 0.179 e. The lowest BCUT2D eigenvalue weighted by molar-refractivity contribution is 0.997. The van der Waals surface area contributed by atoms with Crippen molar-refractivity contribution in [2.75, 3.05) is 12.4 Å². The first-order valence-corrected chi connectivity index (χ1v) is 4.37. The molecule has 0 aromatic carbocycles. The number of aromatic nitrogens is 3. The van der Waals surface area contributed by atoms with Crippen molar-refractivity contribution in [3.63, 3.8) is 0 Å². The van der Waals surface area contributed by atoms with E-state index in [1.54, 1.807) is 0 Å². The molecule has 0 spiro atoms. The number of nitrogens with one attached hydrogen (secondary N) is 2. The third-order valence-electron chi connectivity index (χ3n) is 1.99. The van der Waals surface area contributed by atoms with Crippen LogP contribution in [-0.4, -0.2) is 22.0 Å². The maximum absolute atomic E-state index is 4.33. The summed E-state index contributed by atoms with van der Waals surface area (Å²) in [6.45, 7) is 2.07. The third-order valence-corrected chi connectivity index (χ3v) is 1.99. The molecule has 0 aliphatic carbocycles. The van der Waals surface area contributed by atoms with Gasteiger partial charge in [-0.25, -0.2) is 9.97 Å². The smallest absolute Gasteiger partial charge is 0.179 e. The highest BCUT2D eigenvalue weighted by Gasteiger charge is 2.02. The Kier molecular flexibility index (Phi) is 1.88. The van der Waals surface area contributed by atoms with Crippen LogP contribution in [0.2, 0.25) is 0 Å². The number of fused-ring (bicyclic) bond motifs is 1. The Balaban J connectivity index is 2.57. The summed E-state index contributed by atoms with van der Waals surface area (Å²) < 4.78 is 0. The van der Waals surface area contributed by atoms with Crippen molar-refractivity contribution >= 4 is 17.0 Å². The summed E-state index contributed by atoms with van der Waals surface area (Å²) in [5.74, 6) is 1.83. The molecule has 4 heteroatoms. The van der Waals surface area contributed by atoms with Crippen LogP contribution in [0.15, 0.2) is 12.1 Å². The standard InChI is InChI=1S/C9H12N4/c1-3-7-11-6-4-5-8(10-2)13-9(6)12-7/h4-5H,3H2,1-2H3,(H2,10,11,12,13). The fourth-order valence-corrected chi connectivity index (χ4v) is 1.25. The number of hydrogen-bond acceptors (Lipinski definition) is 3. The van der Waals surface area contributed by atoms with E-state index in [0.717, 1.165) is 29.2 Å². The average molecular weight is 176 g/mol. The molecular formula is C9H12N4. The van der Waals surface area contributed by atoms with E-state index < -0.39 is 0 Å². The maximum atomic E-state index is 4.33. The summed E-state index contributed by atoms with van der Waals surface area (Å²) in [6.07, 6.45) is 0.908. The SMILES string of the molecule is CCc1nc2nc(NC)ccc2[nH]1. The fraction of sp³-hybridized carbons (Fsp3) is 0.333. The van der Waals surface area contributed by atoms with Crippen LogP contribution in [-0.2, 0) is 6.42 Å². The first-order chi connectivity index (χ1) is 6.33. The van der Waals surface area contributed by atoms with Crippen molar-refractivity contribution in [2.24, 2.45) is 0 Å². The number of nitrogens with zero attached hydrogens (tertiary/aromatic N) is 2. The Hall–Kier alpha value is -1.58. The highest BCUT2D eigenvalue weighted by Crippen LogP contribution is 2.12. The van der Waals surface area contributed by atoms with Gasteiger partial charge in [-0.2, -0.15) is 0 Å².